The van der Waals surface area contributed by atoms with Crippen LogP contribution in [0.5, 0.6) is 0 Å². The molecule has 0 spiro atoms. The molecule has 1 aliphatic rings. The maximum absolute atomic E-state index is 13.5. The molecule has 4 rings (SSSR count). The first-order valence-electron chi connectivity index (χ1n) is 12.2. The van der Waals surface area contributed by atoms with Crippen LogP contribution in [0, 0.1) is 11.7 Å². The average molecular weight is 533 g/mol. The average Bonchev–Trinajstić information content (AvgIpc) is 3.25. The first-order valence-corrected chi connectivity index (χ1v) is 12.6. The summed E-state index contributed by atoms with van der Waals surface area (Å²) in [5.74, 6) is -0.945. The molecule has 1 aliphatic heterocycles. The minimum Gasteiger partial charge on any atom is -0.336 e. The maximum Gasteiger partial charge on any atom is 0.416 e. The van der Waals surface area contributed by atoms with Gasteiger partial charge in [-0.2, -0.15) is 13.2 Å². The van der Waals surface area contributed by atoms with E-state index < -0.39 is 17.6 Å². The van der Waals surface area contributed by atoms with E-state index in [1.165, 1.54) is 36.4 Å². The van der Waals surface area contributed by atoms with Crippen molar-refractivity contribution in [3.63, 3.8) is 0 Å². The Kier molecular flexibility index (Phi) is 8.24. The van der Waals surface area contributed by atoms with Crippen molar-refractivity contribution in [2.24, 2.45) is 5.92 Å². The van der Waals surface area contributed by atoms with Crippen molar-refractivity contribution < 1.29 is 22.4 Å². The van der Waals surface area contributed by atoms with Gasteiger partial charge in [0.15, 0.2) is 0 Å². The van der Waals surface area contributed by atoms with Crippen molar-refractivity contribution in [1.82, 2.24) is 9.80 Å². The highest BCUT2D eigenvalue weighted by atomic mass is 35.5. The monoisotopic (exact) mass is 532 g/mol. The zero-order valence-electron chi connectivity index (χ0n) is 20.7. The minimum absolute atomic E-state index is 0.0948. The lowest BCUT2D eigenvalue weighted by Gasteiger charge is -2.32. The molecular weight excluding hydrogens is 504 g/mol. The molecule has 1 amide bonds. The fraction of sp³-hybridized carbons (Fsp3) is 0.345. The fourth-order valence-corrected chi connectivity index (χ4v) is 5.11. The second kappa shape index (κ2) is 11.2. The van der Waals surface area contributed by atoms with E-state index in [0.717, 1.165) is 11.6 Å². The van der Waals surface area contributed by atoms with Crippen LogP contribution in [0.25, 0.3) is 0 Å². The van der Waals surface area contributed by atoms with Gasteiger partial charge in [0.2, 0.25) is 0 Å². The Morgan fingerprint density at radius 3 is 2.32 bits per heavy atom. The van der Waals surface area contributed by atoms with E-state index in [1.807, 2.05) is 38.1 Å². The fourth-order valence-electron chi connectivity index (χ4n) is 4.99. The van der Waals surface area contributed by atoms with E-state index in [9.17, 15) is 22.4 Å². The maximum atomic E-state index is 13.5. The first kappa shape index (κ1) is 27.1. The normalized spacial score (nSPS) is 18.4. The quantitative estimate of drug-likeness (QED) is 0.299. The Bertz CT molecular complexity index is 1210. The third-order valence-corrected chi connectivity index (χ3v) is 7.14. The van der Waals surface area contributed by atoms with Crippen molar-refractivity contribution in [1.29, 1.82) is 0 Å². The largest absolute Gasteiger partial charge is 0.416 e. The summed E-state index contributed by atoms with van der Waals surface area (Å²) in [7, 11) is 0. The van der Waals surface area contributed by atoms with Crippen molar-refractivity contribution in [3.8, 4) is 0 Å². The van der Waals surface area contributed by atoms with Crippen molar-refractivity contribution in [2.45, 2.75) is 38.5 Å². The number of alkyl halides is 3. The van der Waals surface area contributed by atoms with Gasteiger partial charge in [-0.1, -0.05) is 41.9 Å². The number of nitrogens with zero attached hydrogens (tertiary/aromatic N) is 2. The van der Waals surface area contributed by atoms with Gasteiger partial charge in [-0.3, -0.25) is 9.69 Å². The van der Waals surface area contributed by atoms with Crippen LogP contribution in [0.1, 0.15) is 46.8 Å². The van der Waals surface area contributed by atoms with Gasteiger partial charge in [0.1, 0.15) is 5.82 Å². The molecule has 1 saturated heterocycles. The summed E-state index contributed by atoms with van der Waals surface area (Å²) in [6.07, 6.45) is -4.43. The Morgan fingerprint density at radius 1 is 1.03 bits per heavy atom. The minimum atomic E-state index is -4.43. The molecule has 0 unspecified atom stereocenters. The molecule has 3 aromatic carbocycles. The van der Waals surface area contributed by atoms with Crippen LogP contribution in [0.2, 0.25) is 5.02 Å². The van der Waals surface area contributed by atoms with Crippen LogP contribution >= 0.6 is 11.6 Å². The molecule has 0 aliphatic carbocycles. The Balaban J connectivity index is 1.62. The van der Waals surface area contributed by atoms with Gasteiger partial charge in [0.25, 0.3) is 5.91 Å². The number of rotatable bonds is 7. The molecule has 37 heavy (non-hydrogen) atoms. The Morgan fingerprint density at radius 2 is 1.70 bits per heavy atom. The van der Waals surface area contributed by atoms with Crippen molar-refractivity contribution >= 4 is 17.5 Å². The number of likely N-dealkylation sites (tertiary alicyclic amines) is 1. The molecule has 8 heteroatoms. The highest BCUT2D eigenvalue weighted by molar-refractivity contribution is 6.30. The predicted octanol–water partition coefficient (Wildman–Crippen LogP) is 7.26. The van der Waals surface area contributed by atoms with Crippen LogP contribution in [0.15, 0.2) is 72.8 Å². The third kappa shape index (κ3) is 6.70. The zero-order valence-corrected chi connectivity index (χ0v) is 21.4. The molecule has 0 N–H and O–H groups in total. The summed E-state index contributed by atoms with van der Waals surface area (Å²) in [6, 6.07) is 18.3. The predicted molar refractivity (Wildman–Crippen MR) is 137 cm³/mol. The van der Waals surface area contributed by atoms with E-state index in [4.69, 9.17) is 11.6 Å². The smallest absolute Gasteiger partial charge is 0.336 e. The molecule has 3 nitrogen and oxygen atoms in total. The summed E-state index contributed by atoms with van der Waals surface area (Å²) in [6.45, 7) is 5.97. The lowest BCUT2D eigenvalue weighted by molar-refractivity contribution is -0.137. The molecule has 0 radical (unpaired) electrons. The van der Waals surface area contributed by atoms with Gasteiger partial charge >= 0.3 is 6.18 Å². The van der Waals surface area contributed by atoms with E-state index >= 15 is 0 Å². The molecule has 0 bridgehead atoms. The third-order valence-electron chi connectivity index (χ3n) is 6.88. The molecule has 0 aromatic heterocycles. The van der Waals surface area contributed by atoms with Crippen LogP contribution in [0.4, 0.5) is 17.6 Å². The SMILES string of the molecule is CC(C)N(C[C@H]1CN(Cc2ccc(Cl)cc2)C[C@H]1c1cccc(C(F)(F)F)c1)C(=O)c1ccc(F)cc1. The molecular formula is C29H29ClF4N2O. The number of hydrogen-bond donors (Lipinski definition) is 0. The second-order valence-corrected chi connectivity index (χ2v) is 10.3. The standard InChI is InChI=1S/C29H29ClF4N2O/c1-19(2)36(28(37)21-8-12-26(31)13-9-21)17-23-16-35(15-20-6-10-25(30)11-7-20)18-27(23)22-4-3-5-24(14-22)29(32,33)34/h3-14,19,23,27H,15-18H2,1-2H3/t23-,27+/m1/s1. The molecule has 1 fully saturated rings. The number of halogens is 5. The van der Waals surface area contributed by atoms with E-state index in [0.29, 0.717) is 42.3 Å². The molecule has 0 saturated carbocycles. The number of carbonyl (C=O) groups excluding carboxylic acids is 1. The van der Waals surface area contributed by atoms with Gasteiger partial charge in [0.05, 0.1) is 5.56 Å². The number of hydrogen-bond acceptors (Lipinski definition) is 2. The Hall–Kier alpha value is -2.90. The second-order valence-electron chi connectivity index (χ2n) is 9.87. The number of carbonyl (C=O) groups is 1. The van der Waals surface area contributed by atoms with Crippen LogP contribution in [0.3, 0.4) is 0 Å². The summed E-state index contributed by atoms with van der Waals surface area (Å²) in [5, 5.41) is 0.636. The summed E-state index contributed by atoms with van der Waals surface area (Å²) in [4.78, 5) is 17.3. The number of amides is 1. The van der Waals surface area contributed by atoms with Gasteiger partial charge in [-0.25, -0.2) is 4.39 Å². The summed E-state index contributed by atoms with van der Waals surface area (Å²) >= 11 is 6.02. The van der Waals surface area contributed by atoms with Crippen LogP contribution in [-0.2, 0) is 12.7 Å². The summed E-state index contributed by atoms with van der Waals surface area (Å²) in [5.41, 5.74) is 1.36. The van der Waals surface area contributed by atoms with Crippen LogP contribution in [-0.4, -0.2) is 41.4 Å². The van der Waals surface area contributed by atoms with E-state index in [1.54, 1.807) is 11.0 Å². The van der Waals surface area contributed by atoms with Gasteiger partial charge in [-0.15, -0.1) is 0 Å². The first-order chi connectivity index (χ1) is 17.5. The number of benzene rings is 3. The lowest BCUT2D eigenvalue weighted by atomic mass is 9.87. The molecule has 2 atom stereocenters. The van der Waals surface area contributed by atoms with Crippen LogP contribution < -0.4 is 0 Å². The molecule has 3 aromatic rings. The topological polar surface area (TPSA) is 23.6 Å². The van der Waals surface area contributed by atoms with Gasteiger partial charge < -0.3 is 4.90 Å². The van der Waals surface area contributed by atoms with Crippen molar-refractivity contribution in [3.05, 3.63) is 106 Å². The highest BCUT2D eigenvalue weighted by Crippen LogP contribution is 2.38. The van der Waals surface area contributed by atoms with Gasteiger partial charge in [0, 0.05) is 48.7 Å². The molecule has 196 valence electrons. The lowest BCUT2D eigenvalue weighted by Crippen LogP contribution is -2.42. The van der Waals surface area contributed by atoms with E-state index in [2.05, 4.69) is 4.90 Å². The van der Waals surface area contributed by atoms with Crippen molar-refractivity contribution in [2.75, 3.05) is 19.6 Å². The van der Waals surface area contributed by atoms with E-state index in [-0.39, 0.29) is 23.8 Å². The summed E-state index contributed by atoms with van der Waals surface area (Å²) < 4.78 is 53.9. The Labute approximate surface area is 219 Å². The van der Waals surface area contributed by atoms with Gasteiger partial charge in [-0.05, 0) is 73.4 Å². The zero-order chi connectivity index (χ0) is 26.7. The molecule has 1 heterocycles. The highest BCUT2D eigenvalue weighted by Gasteiger charge is 2.38.